The van der Waals surface area contributed by atoms with Gasteiger partial charge < -0.3 is 10.2 Å². The van der Waals surface area contributed by atoms with Crippen LogP contribution >= 0.6 is 0 Å². The molecule has 2 rings (SSSR count). The van der Waals surface area contributed by atoms with Crippen molar-refractivity contribution in [1.29, 1.82) is 0 Å². The van der Waals surface area contributed by atoms with Gasteiger partial charge in [-0.2, -0.15) is 0 Å². The molecule has 22 heavy (non-hydrogen) atoms. The van der Waals surface area contributed by atoms with Crippen LogP contribution < -0.4 is 10.2 Å². The fraction of sp³-hybridized carbons (Fsp3) is 0.294. The van der Waals surface area contributed by atoms with E-state index in [0.29, 0.717) is 11.1 Å². The quantitative estimate of drug-likeness (QED) is 0.892. The van der Waals surface area contributed by atoms with E-state index < -0.39 is 0 Å². The van der Waals surface area contributed by atoms with Gasteiger partial charge in [0.15, 0.2) is 0 Å². The zero-order valence-corrected chi connectivity index (χ0v) is 12.8. The number of anilines is 1. The summed E-state index contributed by atoms with van der Waals surface area (Å²) >= 11 is 0. The monoisotopic (exact) mass is 301 g/mol. The fourth-order valence-electron chi connectivity index (χ4n) is 2.23. The van der Waals surface area contributed by atoms with Crippen molar-refractivity contribution in [3.63, 3.8) is 0 Å². The van der Waals surface area contributed by atoms with E-state index >= 15 is 0 Å². The van der Waals surface area contributed by atoms with Crippen LogP contribution in [0.1, 0.15) is 29.8 Å². The lowest BCUT2D eigenvalue weighted by Gasteiger charge is -2.20. The van der Waals surface area contributed by atoms with E-state index in [1.54, 1.807) is 30.5 Å². The molecule has 0 bridgehead atoms. The molecular weight excluding hydrogens is 281 g/mol. The molecule has 0 saturated carbocycles. The number of benzene rings is 1. The van der Waals surface area contributed by atoms with Crippen molar-refractivity contribution in [1.82, 2.24) is 10.3 Å². The maximum atomic E-state index is 13.5. The fourth-order valence-corrected chi connectivity index (χ4v) is 2.23. The van der Waals surface area contributed by atoms with Gasteiger partial charge in [0.2, 0.25) is 0 Å². The molecule has 0 aliphatic heterocycles. The number of aromatic nitrogens is 1. The van der Waals surface area contributed by atoms with Crippen LogP contribution in [0.25, 0.3) is 0 Å². The number of nitrogens with one attached hydrogen (secondary N) is 1. The summed E-state index contributed by atoms with van der Waals surface area (Å²) in [5.74, 6) is -0.581. The molecule has 2 aromatic rings. The second-order valence-electron chi connectivity index (χ2n) is 4.88. The first kappa shape index (κ1) is 15.9. The highest BCUT2D eigenvalue weighted by Crippen LogP contribution is 2.14. The van der Waals surface area contributed by atoms with E-state index in [0.717, 1.165) is 18.8 Å². The third-order valence-corrected chi connectivity index (χ3v) is 3.51. The predicted molar refractivity (Wildman–Crippen MR) is 85.4 cm³/mol. The normalized spacial score (nSPS) is 10.3. The van der Waals surface area contributed by atoms with Gasteiger partial charge in [0.1, 0.15) is 5.82 Å². The molecule has 1 aromatic carbocycles. The van der Waals surface area contributed by atoms with Crippen molar-refractivity contribution in [3.8, 4) is 0 Å². The van der Waals surface area contributed by atoms with Gasteiger partial charge in [-0.3, -0.25) is 9.78 Å². The summed E-state index contributed by atoms with van der Waals surface area (Å²) in [6.07, 6.45) is 3.25. The second kappa shape index (κ2) is 7.54. The number of hydrogen-bond acceptors (Lipinski definition) is 3. The lowest BCUT2D eigenvalue weighted by molar-refractivity contribution is 0.0950. The zero-order chi connectivity index (χ0) is 15.9. The minimum absolute atomic E-state index is 0.154. The molecule has 0 fully saturated rings. The van der Waals surface area contributed by atoms with E-state index in [1.165, 1.54) is 12.3 Å². The molecule has 0 saturated heterocycles. The largest absolute Gasteiger partial charge is 0.371 e. The van der Waals surface area contributed by atoms with Gasteiger partial charge in [-0.15, -0.1) is 0 Å². The van der Waals surface area contributed by atoms with E-state index in [2.05, 4.69) is 29.0 Å². The molecule has 0 aliphatic carbocycles. The molecule has 4 nitrogen and oxygen atoms in total. The number of amides is 1. The van der Waals surface area contributed by atoms with Crippen LogP contribution in [0.2, 0.25) is 0 Å². The van der Waals surface area contributed by atoms with Crippen molar-refractivity contribution >= 4 is 11.6 Å². The minimum atomic E-state index is -0.321. The summed E-state index contributed by atoms with van der Waals surface area (Å²) in [4.78, 5) is 18.4. The van der Waals surface area contributed by atoms with E-state index in [4.69, 9.17) is 0 Å². The molecule has 1 amide bonds. The standard InChI is InChI=1S/C17H20FN3O/c1-3-21(4-2)15-9-14(10-19-12-15)17(22)20-11-13-7-5-6-8-16(13)18/h5-10,12H,3-4,11H2,1-2H3,(H,20,22). The topological polar surface area (TPSA) is 45.2 Å². The SMILES string of the molecule is CCN(CC)c1cncc(C(=O)NCc2ccccc2F)c1. The summed E-state index contributed by atoms with van der Waals surface area (Å²) in [7, 11) is 0. The lowest BCUT2D eigenvalue weighted by Crippen LogP contribution is -2.25. The van der Waals surface area contributed by atoms with Crippen LogP contribution in [0.15, 0.2) is 42.7 Å². The Bertz CT molecular complexity index is 641. The summed E-state index contributed by atoms with van der Waals surface area (Å²) in [5.41, 5.74) is 1.84. The molecule has 0 atom stereocenters. The highest BCUT2D eigenvalue weighted by Gasteiger charge is 2.10. The Kier molecular flexibility index (Phi) is 5.47. The van der Waals surface area contributed by atoms with Gasteiger partial charge in [-0.05, 0) is 26.0 Å². The number of carbonyl (C=O) groups is 1. The van der Waals surface area contributed by atoms with Gasteiger partial charge in [0.05, 0.1) is 17.4 Å². The van der Waals surface area contributed by atoms with Crippen LogP contribution in [-0.4, -0.2) is 24.0 Å². The van der Waals surface area contributed by atoms with E-state index in [9.17, 15) is 9.18 Å². The molecule has 5 heteroatoms. The zero-order valence-electron chi connectivity index (χ0n) is 12.8. The van der Waals surface area contributed by atoms with Crippen molar-refractivity contribution in [2.45, 2.75) is 20.4 Å². The Morgan fingerprint density at radius 1 is 1.23 bits per heavy atom. The van der Waals surface area contributed by atoms with Gasteiger partial charge in [0, 0.05) is 31.4 Å². The van der Waals surface area contributed by atoms with E-state index in [-0.39, 0.29) is 18.3 Å². The summed E-state index contributed by atoms with van der Waals surface area (Å²) < 4.78 is 13.5. The highest BCUT2D eigenvalue weighted by atomic mass is 19.1. The Morgan fingerprint density at radius 3 is 2.64 bits per heavy atom. The van der Waals surface area contributed by atoms with Gasteiger partial charge in [-0.25, -0.2) is 4.39 Å². The summed E-state index contributed by atoms with van der Waals surface area (Å²) in [5, 5.41) is 2.72. The molecule has 0 radical (unpaired) electrons. The van der Waals surface area contributed by atoms with Gasteiger partial charge in [0.25, 0.3) is 5.91 Å². The number of hydrogen-bond donors (Lipinski definition) is 1. The Morgan fingerprint density at radius 2 is 1.95 bits per heavy atom. The molecule has 0 spiro atoms. The van der Waals surface area contributed by atoms with Crippen LogP contribution in [0.3, 0.4) is 0 Å². The van der Waals surface area contributed by atoms with Gasteiger partial charge in [-0.1, -0.05) is 18.2 Å². The summed E-state index contributed by atoms with van der Waals surface area (Å²) in [6, 6.07) is 8.20. The maximum absolute atomic E-state index is 13.5. The number of carbonyl (C=O) groups excluding carboxylic acids is 1. The first-order valence-electron chi connectivity index (χ1n) is 7.37. The van der Waals surface area contributed by atoms with Crippen LogP contribution in [0.5, 0.6) is 0 Å². The third-order valence-electron chi connectivity index (χ3n) is 3.51. The molecule has 1 heterocycles. The average molecular weight is 301 g/mol. The van der Waals surface area contributed by atoms with Crippen LogP contribution in [0, 0.1) is 5.82 Å². The third kappa shape index (κ3) is 3.81. The minimum Gasteiger partial charge on any atom is -0.371 e. The second-order valence-corrected chi connectivity index (χ2v) is 4.88. The average Bonchev–Trinajstić information content (AvgIpc) is 2.55. The van der Waals surface area contributed by atoms with E-state index in [1.807, 2.05) is 0 Å². The Hall–Kier alpha value is -2.43. The first-order valence-corrected chi connectivity index (χ1v) is 7.37. The molecule has 1 N–H and O–H groups in total. The number of halogens is 1. The highest BCUT2D eigenvalue weighted by molar-refractivity contribution is 5.94. The molecular formula is C17H20FN3O. The number of rotatable bonds is 6. The van der Waals surface area contributed by atoms with Crippen LogP contribution in [0.4, 0.5) is 10.1 Å². The molecule has 0 unspecified atom stereocenters. The van der Waals surface area contributed by atoms with Crippen LogP contribution in [-0.2, 0) is 6.54 Å². The Balaban J connectivity index is 2.07. The van der Waals surface area contributed by atoms with Crippen molar-refractivity contribution < 1.29 is 9.18 Å². The molecule has 0 aliphatic rings. The smallest absolute Gasteiger partial charge is 0.253 e. The lowest BCUT2D eigenvalue weighted by atomic mass is 10.2. The first-order chi connectivity index (χ1) is 10.7. The molecule has 1 aromatic heterocycles. The Labute approximate surface area is 130 Å². The maximum Gasteiger partial charge on any atom is 0.253 e. The molecule has 116 valence electrons. The number of nitrogens with zero attached hydrogens (tertiary/aromatic N) is 2. The number of pyridine rings is 1. The van der Waals surface area contributed by atoms with Gasteiger partial charge >= 0.3 is 0 Å². The van der Waals surface area contributed by atoms with Crippen molar-refractivity contribution in [2.24, 2.45) is 0 Å². The van der Waals surface area contributed by atoms with Crippen molar-refractivity contribution in [2.75, 3.05) is 18.0 Å². The summed E-state index contributed by atoms with van der Waals surface area (Å²) in [6.45, 7) is 5.95. The van der Waals surface area contributed by atoms with Crippen molar-refractivity contribution in [3.05, 3.63) is 59.7 Å². The predicted octanol–water partition coefficient (Wildman–Crippen LogP) is 3.00.